The number of hydrogen-bond acceptors (Lipinski definition) is 2. The first-order chi connectivity index (χ1) is 15.9. The van der Waals surface area contributed by atoms with Crippen molar-refractivity contribution in [3.05, 3.63) is 88.0 Å². The summed E-state index contributed by atoms with van der Waals surface area (Å²) < 4.78 is 0. The van der Waals surface area contributed by atoms with Crippen molar-refractivity contribution in [1.82, 2.24) is 0 Å². The SMILES string of the molecule is CCc1cc(C(Pc2ccccc2)c2cc(CC)cc(C(C)(C)C)c2O)c(O)c(C(C)(C)C)c1. The van der Waals surface area contributed by atoms with E-state index in [1.54, 1.807) is 0 Å². The van der Waals surface area contributed by atoms with Gasteiger partial charge in [-0.05, 0) is 51.2 Å². The van der Waals surface area contributed by atoms with Crippen molar-refractivity contribution in [2.75, 3.05) is 0 Å². The van der Waals surface area contributed by atoms with Crippen LogP contribution in [-0.4, -0.2) is 10.2 Å². The molecular weight excluding hydrogens is 435 g/mol. The monoisotopic (exact) mass is 476 g/mol. The fourth-order valence-electron chi connectivity index (χ4n) is 4.45. The number of aryl methyl sites for hydroxylation is 2. The van der Waals surface area contributed by atoms with E-state index in [0.29, 0.717) is 20.1 Å². The van der Waals surface area contributed by atoms with Crippen molar-refractivity contribution in [3.63, 3.8) is 0 Å². The van der Waals surface area contributed by atoms with Crippen LogP contribution in [0.1, 0.15) is 94.4 Å². The maximum Gasteiger partial charge on any atom is 0.123 e. The van der Waals surface area contributed by atoms with Crippen molar-refractivity contribution in [2.45, 2.75) is 84.7 Å². The summed E-state index contributed by atoms with van der Waals surface area (Å²) in [4.78, 5) is 0. The molecular formula is C31H41O2P. The van der Waals surface area contributed by atoms with Crippen LogP contribution in [-0.2, 0) is 23.7 Å². The summed E-state index contributed by atoms with van der Waals surface area (Å²) in [5, 5.41) is 24.5. The summed E-state index contributed by atoms with van der Waals surface area (Å²) in [5.74, 6) is 0.716. The third-order valence-electron chi connectivity index (χ3n) is 6.54. The number of hydrogen-bond donors (Lipinski definition) is 2. The molecule has 0 saturated heterocycles. The van der Waals surface area contributed by atoms with Gasteiger partial charge in [-0.15, -0.1) is 0 Å². The van der Waals surface area contributed by atoms with E-state index in [9.17, 15) is 10.2 Å². The Morgan fingerprint density at radius 1 is 0.676 bits per heavy atom. The first kappa shape index (κ1) is 26.3. The molecule has 0 aromatic heterocycles. The zero-order valence-electron chi connectivity index (χ0n) is 22.1. The quantitative estimate of drug-likeness (QED) is 0.355. The van der Waals surface area contributed by atoms with Crippen LogP contribution in [0.2, 0.25) is 0 Å². The third-order valence-corrected chi connectivity index (χ3v) is 8.12. The second kappa shape index (κ2) is 10.1. The minimum Gasteiger partial charge on any atom is -0.507 e. The van der Waals surface area contributed by atoms with E-state index >= 15 is 0 Å². The summed E-state index contributed by atoms with van der Waals surface area (Å²) in [6, 6.07) is 19.0. The first-order valence-corrected chi connectivity index (χ1v) is 13.5. The molecule has 0 aliphatic heterocycles. The summed E-state index contributed by atoms with van der Waals surface area (Å²) in [6.07, 6.45) is 1.79. The Balaban J connectivity index is 2.36. The summed E-state index contributed by atoms with van der Waals surface area (Å²) >= 11 is 0. The van der Waals surface area contributed by atoms with Gasteiger partial charge in [0.05, 0.1) is 0 Å². The lowest BCUT2D eigenvalue weighted by molar-refractivity contribution is 0.434. The molecule has 34 heavy (non-hydrogen) atoms. The lowest BCUT2D eigenvalue weighted by atomic mass is 9.81. The molecule has 0 spiro atoms. The highest BCUT2D eigenvalue weighted by molar-refractivity contribution is 7.47. The van der Waals surface area contributed by atoms with Crippen LogP contribution in [0, 0.1) is 0 Å². The van der Waals surface area contributed by atoms with Crippen LogP contribution in [0.25, 0.3) is 0 Å². The molecule has 0 bridgehead atoms. The molecule has 0 heterocycles. The summed E-state index contributed by atoms with van der Waals surface area (Å²) in [5.41, 5.74) is 5.67. The molecule has 1 unspecified atom stereocenters. The maximum absolute atomic E-state index is 11.6. The molecule has 1 atom stereocenters. The molecule has 0 fully saturated rings. The molecule has 0 radical (unpaired) electrons. The number of benzene rings is 3. The minimum absolute atomic E-state index is 0.136. The lowest BCUT2D eigenvalue weighted by Crippen LogP contribution is -2.16. The molecule has 2 nitrogen and oxygen atoms in total. The molecule has 3 aromatic carbocycles. The average Bonchev–Trinajstić information content (AvgIpc) is 2.77. The van der Waals surface area contributed by atoms with Crippen LogP contribution in [0.3, 0.4) is 0 Å². The Kier molecular flexibility index (Phi) is 7.83. The van der Waals surface area contributed by atoms with Crippen molar-refractivity contribution in [1.29, 1.82) is 0 Å². The molecule has 0 amide bonds. The van der Waals surface area contributed by atoms with Crippen LogP contribution in [0.15, 0.2) is 54.6 Å². The van der Waals surface area contributed by atoms with Gasteiger partial charge in [0.25, 0.3) is 0 Å². The van der Waals surface area contributed by atoms with Gasteiger partial charge in [0.2, 0.25) is 0 Å². The Labute approximate surface area is 208 Å². The van der Waals surface area contributed by atoms with Crippen LogP contribution in [0.5, 0.6) is 11.5 Å². The van der Waals surface area contributed by atoms with Gasteiger partial charge in [0.15, 0.2) is 0 Å². The third kappa shape index (κ3) is 5.66. The van der Waals surface area contributed by atoms with E-state index in [1.165, 1.54) is 16.4 Å². The molecule has 3 heteroatoms. The smallest absolute Gasteiger partial charge is 0.123 e. The number of phenolic OH excluding ortho intramolecular Hbond substituents is 2. The van der Waals surface area contributed by atoms with Crippen molar-refractivity contribution in [2.24, 2.45) is 0 Å². The fourth-order valence-corrected chi connectivity index (χ4v) is 5.92. The largest absolute Gasteiger partial charge is 0.507 e. The zero-order valence-corrected chi connectivity index (χ0v) is 23.1. The highest BCUT2D eigenvalue weighted by Gasteiger charge is 2.30. The van der Waals surface area contributed by atoms with Crippen molar-refractivity contribution < 1.29 is 10.2 Å². The van der Waals surface area contributed by atoms with E-state index in [-0.39, 0.29) is 16.5 Å². The summed E-state index contributed by atoms with van der Waals surface area (Å²) in [6.45, 7) is 17.2. The van der Waals surface area contributed by atoms with Gasteiger partial charge in [-0.2, -0.15) is 0 Å². The lowest BCUT2D eigenvalue weighted by Gasteiger charge is -2.29. The maximum atomic E-state index is 11.6. The molecule has 3 rings (SSSR count). The summed E-state index contributed by atoms with van der Waals surface area (Å²) in [7, 11) is 0.378. The van der Waals surface area contributed by atoms with Gasteiger partial charge in [-0.3, -0.25) is 0 Å². The van der Waals surface area contributed by atoms with E-state index < -0.39 is 0 Å². The van der Waals surface area contributed by atoms with Crippen molar-refractivity contribution >= 4 is 13.9 Å². The van der Waals surface area contributed by atoms with Gasteiger partial charge in [-0.25, -0.2) is 0 Å². The molecule has 0 aliphatic carbocycles. The number of rotatable bonds is 6. The molecule has 3 aromatic rings. The first-order valence-electron chi connectivity index (χ1n) is 12.4. The van der Waals surface area contributed by atoms with Gasteiger partial charge in [-0.1, -0.05) is 119 Å². The number of phenols is 2. The van der Waals surface area contributed by atoms with Crippen LogP contribution < -0.4 is 5.30 Å². The molecule has 0 aliphatic rings. The van der Waals surface area contributed by atoms with E-state index in [4.69, 9.17) is 0 Å². The second-order valence-electron chi connectivity index (χ2n) is 11.3. The Morgan fingerprint density at radius 2 is 1.09 bits per heavy atom. The highest BCUT2D eigenvalue weighted by Crippen LogP contribution is 2.51. The zero-order chi connectivity index (χ0) is 25.3. The predicted octanol–water partition coefficient (Wildman–Crippen LogP) is 7.91. The molecule has 2 N–H and O–H groups in total. The highest BCUT2D eigenvalue weighted by atomic mass is 31.1. The van der Waals surface area contributed by atoms with Gasteiger partial charge in [0, 0.05) is 16.8 Å². The predicted molar refractivity (Wildman–Crippen MR) is 149 cm³/mol. The van der Waals surface area contributed by atoms with E-state index in [2.05, 4.69) is 104 Å². The second-order valence-corrected chi connectivity index (χ2v) is 12.8. The van der Waals surface area contributed by atoms with E-state index in [1.807, 2.05) is 6.07 Å². The fraction of sp³-hybridized carbons (Fsp3) is 0.419. The van der Waals surface area contributed by atoms with Gasteiger partial charge in [0.1, 0.15) is 11.5 Å². The molecule has 182 valence electrons. The Bertz CT molecular complexity index is 1060. The topological polar surface area (TPSA) is 40.5 Å². The van der Waals surface area contributed by atoms with E-state index in [0.717, 1.165) is 35.1 Å². The average molecular weight is 477 g/mol. The Morgan fingerprint density at radius 3 is 1.44 bits per heavy atom. The Hall–Kier alpha value is -2.31. The normalized spacial score (nSPS) is 12.7. The van der Waals surface area contributed by atoms with Crippen LogP contribution >= 0.6 is 8.58 Å². The number of aromatic hydroxyl groups is 2. The van der Waals surface area contributed by atoms with Gasteiger partial charge < -0.3 is 10.2 Å². The minimum atomic E-state index is -0.186. The van der Waals surface area contributed by atoms with Gasteiger partial charge >= 0.3 is 0 Å². The molecule has 0 saturated carbocycles. The van der Waals surface area contributed by atoms with Crippen LogP contribution in [0.4, 0.5) is 0 Å². The standard InChI is InChI=1S/C31H41O2P/c1-9-20-16-23(27(32)25(18-20)30(3,4)5)29(34-22-14-12-11-13-15-22)24-17-21(10-2)19-26(28(24)33)31(6,7)8/h11-19,29,32-34H,9-10H2,1-8H3. The van der Waals surface area contributed by atoms with Crippen molar-refractivity contribution in [3.8, 4) is 11.5 Å².